The molecule has 1 aliphatic rings. The Kier molecular flexibility index (Phi) is 7.76. The van der Waals surface area contributed by atoms with Crippen molar-refractivity contribution >= 4 is 14.1 Å². The van der Waals surface area contributed by atoms with E-state index >= 15 is 0 Å². The van der Waals surface area contributed by atoms with E-state index in [1.54, 1.807) is 0 Å². The van der Waals surface area contributed by atoms with Gasteiger partial charge in [0.05, 0.1) is 0 Å². The van der Waals surface area contributed by atoms with Crippen molar-refractivity contribution in [1.82, 2.24) is 0 Å². The summed E-state index contributed by atoms with van der Waals surface area (Å²) >= 11 is 0. The largest absolute Gasteiger partial charge is 0.417 e. The molecule has 22 heavy (non-hydrogen) atoms. The molecule has 0 aliphatic carbocycles. The number of hydrogen-bond donors (Lipinski definition) is 0. The summed E-state index contributed by atoms with van der Waals surface area (Å²) in [6, 6.07) is 0. The van der Waals surface area contributed by atoms with Crippen molar-refractivity contribution < 1.29 is 14.0 Å². The molecule has 0 bridgehead atoms. The minimum atomic E-state index is -1.70. The van der Waals surface area contributed by atoms with Gasteiger partial charge < -0.3 is 9.16 Å². The minimum absolute atomic E-state index is 0.153. The van der Waals surface area contributed by atoms with Crippen LogP contribution in [0.5, 0.6) is 0 Å². The number of unbranched alkanes of at least 4 members (excludes halogenated alkanes) is 1. The van der Waals surface area contributed by atoms with E-state index in [-0.39, 0.29) is 11.1 Å². The lowest BCUT2D eigenvalue weighted by molar-refractivity contribution is -0.129. The minimum Gasteiger partial charge on any atom is -0.417 e. The van der Waals surface area contributed by atoms with Crippen molar-refractivity contribution in [2.24, 2.45) is 5.92 Å². The summed E-state index contributed by atoms with van der Waals surface area (Å²) in [6.45, 7) is 15.5. The number of Topliss-reactive ketones (excluding diaryl/α,β-unsaturated/α-hetero) is 1. The number of hydrogen-bond acceptors (Lipinski definition) is 3. The highest BCUT2D eigenvalue weighted by Gasteiger charge is 2.43. The van der Waals surface area contributed by atoms with E-state index < -0.39 is 8.32 Å². The normalized spacial score (nSPS) is 21.2. The van der Waals surface area contributed by atoms with Gasteiger partial charge in [-0.3, -0.25) is 4.79 Å². The average molecular weight is 329 g/mol. The van der Waals surface area contributed by atoms with Crippen molar-refractivity contribution in [3.8, 4) is 0 Å². The lowest BCUT2D eigenvalue weighted by Crippen LogP contribution is -2.45. The standard InChI is InChI=1S/C18H36O3Si/c1-15(2)18(3,4)22(5,6)21-14-10-8-12-17-16(19)11-7-9-13-20-17/h15,17H,7-14H2,1-6H3. The Morgan fingerprint density at radius 3 is 2.59 bits per heavy atom. The molecule has 0 aromatic carbocycles. The zero-order valence-electron chi connectivity index (χ0n) is 15.5. The first-order valence-electron chi connectivity index (χ1n) is 8.97. The first-order valence-corrected chi connectivity index (χ1v) is 11.9. The van der Waals surface area contributed by atoms with E-state index in [1.807, 2.05) is 0 Å². The molecule has 1 saturated heterocycles. The summed E-state index contributed by atoms with van der Waals surface area (Å²) in [5.41, 5.74) is 0. The van der Waals surface area contributed by atoms with Crippen LogP contribution in [0.2, 0.25) is 18.1 Å². The third kappa shape index (κ3) is 5.46. The number of rotatable bonds is 8. The third-order valence-electron chi connectivity index (χ3n) is 5.81. The van der Waals surface area contributed by atoms with Gasteiger partial charge >= 0.3 is 0 Å². The molecule has 1 atom stereocenters. The molecule has 0 aromatic rings. The molecule has 0 radical (unpaired) electrons. The van der Waals surface area contributed by atoms with Crippen LogP contribution >= 0.6 is 0 Å². The highest BCUT2D eigenvalue weighted by molar-refractivity contribution is 6.74. The molecule has 1 fully saturated rings. The van der Waals surface area contributed by atoms with Crippen molar-refractivity contribution in [2.75, 3.05) is 13.2 Å². The molecule has 1 heterocycles. The Morgan fingerprint density at radius 1 is 1.27 bits per heavy atom. The Labute approximate surface area is 138 Å². The molecule has 4 heteroatoms. The number of ether oxygens (including phenoxy) is 1. The molecule has 0 amide bonds. The fourth-order valence-electron chi connectivity index (χ4n) is 2.77. The van der Waals surface area contributed by atoms with Gasteiger partial charge in [-0.05, 0) is 56.2 Å². The molecule has 0 spiro atoms. The maximum absolute atomic E-state index is 11.9. The van der Waals surface area contributed by atoms with Crippen LogP contribution in [-0.2, 0) is 14.0 Å². The topological polar surface area (TPSA) is 35.5 Å². The SMILES string of the molecule is CC(C)C(C)(C)[Si](C)(C)OCCCCC1OCCCCC1=O. The molecule has 3 nitrogen and oxygen atoms in total. The number of ketones is 1. The van der Waals surface area contributed by atoms with Gasteiger partial charge in [0.1, 0.15) is 6.10 Å². The van der Waals surface area contributed by atoms with Crippen LogP contribution in [0.15, 0.2) is 0 Å². The second kappa shape index (κ2) is 8.60. The Bertz CT molecular complexity index is 350. The van der Waals surface area contributed by atoms with Gasteiger partial charge in [0.25, 0.3) is 0 Å². The lowest BCUT2D eigenvalue weighted by Gasteiger charge is -2.42. The molecule has 1 rings (SSSR count). The molecular formula is C18H36O3Si. The quantitative estimate of drug-likeness (QED) is 0.467. The van der Waals surface area contributed by atoms with Gasteiger partial charge in [0.2, 0.25) is 0 Å². The van der Waals surface area contributed by atoms with Gasteiger partial charge in [-0.25, -0.2) is 0 Å². The molecular weight excluding hydrogens is 292 g/mol. The van der Waals surface area contributed by atoms with Gasteiger partial charge in [-0.15, -0.1) is 0 Å². The Hall–Kier alpha value is -0.193. The molecule has 130 valence electrons. The second-order valence-electron chi connectivity index (χ2n) is 8.01. The molecule has 0 aromatic heterocycles. The maximum atomic E-state index is 11.9. The lowest BCUT2D eigenvalue weighted by atomic mass is 9.99. The van der Waals surface area contributed by atoms with Gasteiger partial charge in [-0.2, -0.15) is 0 Å². The fraction of sp³-hybridized carbons (Fsp3) is 0.944. The average Bonchev–Trinajstić information content (AvgIpc) is 2.63. The van der Waals surface area contributed by atoms with Crippen molar-refractivity contribution in [3.63, 3.8) is 0 Å². The van der Waals surface area contributed by atoms with E-state index in [2.05, 4.69) is 40.8 Å². The van der Waals surface area contributed by atoms with Gasteiger partial charge in [0, 0.05) is 19.6 Å². The zero-order valence-corrected chi connectivity index (χ0v) is 16.5. The van der Waals surface area contributed by atoms with E-state index in [4.69, 9.17) is 9.16 Å². The summed E-state index contributed by atoms with van der Waals surface area (Å²) < 4.78 is 12.0. The third-order valence-corrected chi connectivity index (χ3v) is 10.4. The van der Waals surface area contributed by atoms with Crippen LogP contribution in [0, 0.1) is 5.92 Å². The van der Waals surface area contributed by atoms with Crippen molar-refractivity contribution in [1.29, 1.82) is 0 Å². The van der Waals surface area contributed by atoms with Crippen LogP contribution in [0.4, 0.5) is 0 Å². The van der Waals surface area contributed by atoms with Crippen molar-refractivity contribution in [3.05, 3.63) is 0 Å². The highest BCUT2D eigenvalue weighted by Crippen LogP contribution is 2.44. The first-order chi connectivity index (χ1) is 10.2. The smallest absolute Gasteiger partial charge is 0.192 e. The Morgan fingerprint density at radius 2 is 1.95 bits per heavy atom. The predicted molar refractivity (Wildman–Crippen MR) is 94.8 cm³/mol. The summed E-state index contributed by atoms with van der Waals surface area (Å²) in [4.78, 5) is 11.9. The molecule has 0 saturated carbocycles. The maximum Gasteiger partial charge on any atom is 0.192 e. The van der Waals surface area contributed by atoms with E-state index in [0.717, 1.165) is 45.3 Å². The first kappa shape index (κ1) is 19.9. The van der Waals surface area contributed by atoms with Crippen LogP contribution in [0.25, 0.3) is 0 Å². The fourth-order valence-corrected chi connectivity index (χ4v) is 5.18. The summed E-state index contributed by atoms with van der Waals surface area (Å²) in [5, 5.41) is 0.271. The van der Waals surface area contributed by atoms with E-state index in [1.165, 1.54) is 0 Å². The highest BCUT2D eigenvalue weighted by atomic mass is 28.4. The van der Waals surface area contributed by atoms with Crippen LogP contribution in [0.3, 0.4) is 0 Å². The molecule has 1 unspecified atom stereocenters. The summed E-state index contributed by atoms with van der Waals surface area (Å²) in [6.07, 6.45) is 5.46. The van der Waals surface area contributed by atoms with Crippen molar-refractivity contribution in [2.45, 2.75) is 90.5 Å². The summed E-state index contributed by atoms with van der Waals surface area (Å²) in [5.74, 6) is 0.931. The van der Waals surface area contributed by atoms with Gasteiger partial charge in [0.15, 0.2) is 14.1 Å². The Balaban J connectivity index is 2.28. The van der Waals surface area contributed by atoms with Gasteiger partial charge in [-0.1, -0.05) is 27.7 Å². The van der Waals surface area contributed by atoms with E-state index in [0.29, 0.717) is 18.1 Å². The number of carbonyl (C=O) groups is 1. The monoisotopic (exact) mass is 328 g/mol. The zero-order chi connectivity index (χ0) is 16.8. The van der Waals surface area contributed by atoms with Crippen LogP contribution in [-0.4, -0.2) is 33.4 Å². The molecule has 0 N–H and O–H groups in total. The van der Waals surface area contributed by atoms with E-state index in [9.17, 15) is 4.79 Å². The second-order valence-corrected chi connectivity index (χ2v) is 12.6. The number of carbonyl (C=O) groups excluding carboxylic acids is 1. The van der Waals surface area contributed by atoms with Crippen LogP contribution in [0.1, 0.15) is 66.2 Å². The summed E-state index contributed by atoms with van der Waals surface area (Å²) in [7, 11) is -1.70. The molecule has 1 aliphatic heterocycles. The van der Waals surface area contributed by atoms with Crippen LogP contribution < -0.4 is 0 Å². The predicted octanol–water partition coefficient (Wildman–Crippen LogP) is 4.95.